The molecule has 0 unspecified atom stereocenters. The van der Waals surface area contributed by atoms with Crippen molar-refractivity contribution >= 4 is 17.3 Å². The molecule has 0 bridgehead atoms. The van der Waals surface area contributed by atoms with Crippen molar-refractivity contribution in [2.45, 2.75) is 45.8 Å². The van der Waals surface area contributed by atoms with Crippen molar-refractivity contribution in [3.8, 4) is 0 Å². The number of aromatic nitrogens is 1. The van der Waals surface area contributed by atoms with E-state index in [1.165, 1.54) is 6.07 Å². The number of carbonyl (C=O) groups excluding carboxylic acids is 1. The highest BCUT2D eigenvalue weighted by Crippen LogP contribution is 2.24. The highest BCUT2D eigenvalue weighted by atomic mass is 19.1. The maximum absolute atomic E-state index is 14.1. The van der Waals surface area contributed by atoms with Crippen molar-refractivity contribution in [3.05, 3.63) is 114 Å². The van der Waals surface area contributed by atoms with Gasteiger partial charge in [0, 0.05) is 45.5 Å². The lowest BCUT2D eigenvalue weighted by molar-refractivity contribution is 0.0363. The summed E-state index contributed by atoms with van der Waals surface area (Å²) < 4.78 is 25.4. The van der Waals surface area contributed by atoms with Crippen molar-refractivity contribution in [1.29, 1.82) is 0 Å². The van der Waals surface area contributed by atoms with Crippen LogP contribution in [0.3, 0.4) is 0 Å². The number of amides is 1. The van der Waals surface area contributed by atoms with Crippen LogP contribution in [-0.2, 0) is 22.4 Å². The molecule has 3 aromatic rings. The number of rotatable bonds is 16. The molecule has 1 aliphatic heterocycles. The van der Waals surface area contributed by atoms with Gasteiger partial charge in [-0.3, -0.25) is 14.7 Å². The highest BCUT2D eigenvalue weighted by molar-refractivity contribution is 6.04. The van der Waals surface area contributed by atoms with Gasteiger partial charge in [-0.05, 0) is 75.6 Å². The molecular formula is C36H47FN6O3. The zero-order valence-corrected chi connectivity index (χ0v) is 27.3. The number of ether oxygens (including phenoxy) is 2. The monoisotopic (exact) mass is 630 g/mol. The Kier molecular flexibility index (Phi) is 12.6. The molecular weight excluding hydrogens is 583 g/mol. The summed E-state index contributed by atoms with van der Waals surface area (Å²) in [6.45, 7) is 20.3. The van der Waals surface area contributed by atoms with Gasteiger partial charge >= 0.3 is 0 Å². The fraction of sp³-hybridized carbons (Fsp3) is 0.389. The number of nitrogens with one attached hydrogen (secondary N) is 3. The number of hydrogen-bond acceptors (Lipinski definition) is 8. The van der Waals surface area contributed by atoms with Crippen molar-refractivity contribution < 1.29 is 18.7 Å². The number of morpholine rings is 1. The second-order valence-electron chi connectivity index (χ2n) is 12.3. The van der Waals surface area contributed by atoms with E-state index in [9.17, 15) is 9.18 Å². The number of para-hydroxylation sites is 2. The van der Waals surface area contributed by atoms with Gasteiger partial charge < -0.3 is 30.3 Å². The first-order valence-electron chi connectivity index (χ1n) is 15.8. The summed E-state index contributed by atoms with van der Waals surface area (Å²) in [5.41, 5.74) is 2.75. The number of nitrogens with zero attached hydrogens (tertiary/aromatic N) is 3. The van der Waals surface area contributed by atoms with Gasteiger partial charge in [-0.25, -0.2) is 4.39 Å². The van der Waals surface area contributed by atoms with Gasteiger partial charge in [-0.15, -0.1) is 0 Å². The van der Waals surface area contributed by atoms with Crippen molar-refractivity contribution in [2.24, 2.45) is 0 Å². The topological polar surface area (TPSA) is 91.0 Å². The van der Waals surface area contributed by atoms with Crippen LogP contribution in [0.1, 0.15) is 48.8 Å². The molecule has 0 radical (unpaired) electrons. The van der Waals surface area contributed by atoms with Crippen molar-refractivity contribution in [3.63, 3.8) is 0 Å². The molecule has 1 amide bonds. The first-order chi connectivity index (χ1) is 22.1. The minimum atomic E-state index is -0.406. The van der Waals surface area contributed by atoms with E-state index in [-0.39, 0.29) is 11.7 Å². The second kappa shape index (κ2) is 16.8. The van der Waals surface area contributed by atoms with E-state index in [4.69, 9.17) is 9.47 Å². The van der Waals surface area contributed by atoms with E-state index in [0.29, 0.717) is 48.0 Å². The van der Waals surface area contributed by atoms with Crippen LogP contribution in [0, 0.1) is 5.82 Å². The lowest BCUT2D eigenvalue weighted by Gasteiger charge is -2.30. The van der Waals surface area contributed by atoms with Gasteiger partial charge in [0.1, 0.15) is 17.1 Å². The van der Waals surface area contributed by atoms with Crippen LogP contribution in [0.2, 0.25) is 0 Å². The van der Waals surface area contributed by atoms with Crippen LogP contribution >= 0.6 is 0 Å². The maximum Gasteiger partial charge on any atom is 0.274 e. The summed E-state index contributed by atoms with van der Waals surface area (Å²) in [7, 11) is 0. The van der Waals surface area contributed by atoms with E-state index in [0.717, 1.165) is 57.2 Å². The SMILES string of the molecule is C=C(Nc1ccccc1NC(=O)c1ccc(CN(CCCN2CCOCC2)C(=C)NCCc2ccccc2F)cn1)OC(C)(C)C. The first-order valence-corrected chi connectivity index (χ1v) is 15.8. The lowest BCUT2D eigenvalue weighted by atomic mass is 10.1. The van der Waals surface area contributed by atoms with Gasteiger partial charge in [0.2, 0.25) is 0 Å². The standard InChI is InChI=1S/C36H47FN6O3/c1-27(38-18-17-30-11-6-7-12-31(30)37)43(20-10-19-42-21-23-45-24-22-42)26-29-15-16-34(39-25-29)35(44)41-33-14-9-8-13-32(33)40-28(2)46-36(3,4)5/h6-9,11-16,25,38,40H,1-2,10,17-24,26H2,3-5H3,(H,41,44). The Morgan fingerprint density at radius 3 is 2.39 bits per heavy atom. The van der Waals surface area contributed by atoms with Crippen LogP contribution in [0.4, 0.5) is 15.8 Å². The Bertz CT molecular complexity index is 1450. The zero-order chi connectivity index (χ0) is 32.9. The van der Waals surface area contributed by atoms with Crippen LogP contribution in [-0.4, -0.2) is 72.2 Å². The van der Waals surface area contributed by atoms with Crippen LogP contribution in [0.5, 0.6) is 0 Å². The maximum atomic E-state index is 14.1. The molecule has 10 heteroatoms. The molecule has 2 aromatic carbocycles. The highest BCUT2D eigenvalue weighted by Gasteiger charge is 2.16. The Balaban J connectivity index is 1.36. The quantitative estimate of drug-likeness (QED) is 0.166. The zero-order valence-electron chi connectivity index (χ0n) is 27.3. The normalized spacial score (nSPS) is 13.5. The molecule has 1 saturated heterocycles. The molecule has 2 heterocycles. The van der Waals surface area contributed by atoms with Gasteiger partial charge in [-0.2, -0.15) is 0 Å². The van der Waals surface area contributed by atoms with Crippen LogP contribution in [0.25, 0.3) is 0 Å². The van der Waals surface area contributed by atoms with E-state index >= 15 is 0 Å². The minimum absolute atomic E-state index is 0.202. The number of anilines is 2. The van der Waals surface area contributed by atoms with Crippen molar-refractivity contribution in [2.75, 3.05) is 56.6 Å². The summed E-state index contributed by atoms with van der Waals surface area (Å²) in [5.74, 6) is 0.618. The molecule has 1 fully saturated rings. The Morgan fingerprint density at radius 2 is 1.72 bits per heavy atom. The van der Waals surface area contributed by atoms with Gasteiger partial charge in [0.05, 0.1) is 30.4 Å². The van der Waals surface area contributed by atoms with Crippen molar-refractivity contribution in [1.82, 2.24) is 20.1 Å². The van der Waals surface area contributed by atoms with E-state index in [1.807, 2.05) is 51.1 Å². The van der Waals surface area contributed by atoms with Gasteiger partial charge in [0.15, 0.2) is 5.88 Å². The summed E-state index contributed by atoms with van der Waals surface area (Å²) in [6, 6.07) is 17.8. The Hall–Kier alpha value is -4.41. The summed E-state index contributed by atoms with van der Waals surface area (Å²) in [4.78, 5) is 22.2. The number of carbonyl (C=O) groups is 1. The van der Waals surface area contributed by atoms with Crippen LogP contribution in [0.15, 0.2) is 91.7 Å². The summed E-state index contributed by atoms with van der Waals surface area (Å²) >= 11 is 0. The minimum Gasteiger partial charge on any atom is -0.474 e. The molecule has 0 saturated carbocycles. The number of hydrogen-bond donors (Lipinski definition) is 3. The third-order valence-electron chi connectivity index (χ3n) is 7.38. The summed E-state index contributed by atoms with van der Waals surface area (Å²) in [5, 5.41) is 9.45. The van der Waals surface area contributed by atoms with E-state index in [2.05, 4.69) is 43.9 Å². The van der Waals surface area contributed by atoms with E-state index in [1.54, 1.807) is 30.5 Å². The predicted octanol–water partition coefficient (Wildman–Crippen LogP) is 6.00. The Morgan fingerprint density at radius 1 is 1.02 bits per heavy atom. The molecule has 246 valence electrons. The van der Waals surface area contributed by atoms with Crippen LogP contribution < -0.4 is 16.0 Å². The number of pyridine rings is 1. The average molecular weight is 631 g/mol. The van der Waals surface area contributed by atoms with Gasteiger partial charge in [-0.1, -0.05) is 43.0 Å². The predicted molar refractivity (Wildman–Crippen MR) is 182 cm³/mol. The third-order valence-corrected chi connectivity index (χ3v) is 7.38. The molecule has 0 spiro atoms. The molecule has 1 aromatic heterocycles. The fourth-order valence-corrected chi connectivity index (χ4v) is 5.08. The smallest absolute Gasteiger partial charge is 0.274 e. The largest absolute Gasteiger partial charge is 0.474 e. The number of benzene rings is 2. The molecule has 46 heavy (non-hydrogen) atoms. The molecule has 1 aliphatic rings. The molecule has 0 atom stereocenters. The summed E-state index contributed by atoms with van der Waals surface area (Å²) in [6.07, 6.45) is 3.22. The number of halogens is 1. The molecule has 4 rings (SSSR count). The Labute approximate surface area is 272 Å². The van der Waals surface area contributed by atoms with E-state index < -0.39 is 5.60 Å². The fourth-order valence-electron chi connectivity index (χ4n) is 5.08. The second-order valence-corrected chi connectivity index (χ2v) is 12.3. The molecule has 0 aliphatic carbocycles. The molecule has 9 nitrogen and oxygen atoms in total. The lowest BCUT2D eigenvalue weighted by Crippen LogP contribution is -2.39. The van der Waals surface area contributed by atoms with Gasteiger partial charge in [0.25, 0.3) is 5.91 Å². The first kappa shape index (κ1) is 34.5. The average Bonchev–Trinajstić information content (AvgIpc) is 3.02. The molecule has 3 N–H and O–H groups in total. The third kappa shape index (κ3) is 11.2.